The van der Waals surface area contributed by atoms with Crippen LogP contribution in [0.2, 0.25) is 0 Å². The van der Waals surface area contributed by atoms with Crippen LogP contribution in [0.25, 0.3) is 0 Å². The van der Waals surface area contributed by atoms with Crippen molar-refractivity contribution < 1.29 is 17.9 Å². The lowest BCUT2D eigenvalue weighted by Crippen LogP contribution is -2.22. The average Bonchev–Trinajstić information content (AvgIpc) is 1.55. The second-order valence-corrected chi connectivity index (χ2v) is 3.67. The van der Waals surface area contributed by atoms with E-state index in [9.17, 15) is 13.2 Å². The van der Waals surface area contributed by atoms with E-state index in [2.05, 4.69) is 4.74 Å². The van der Waals surface area contributed by atoms with Crippen molar-refractivity contribution in [1.29, 1.82) is 0 Å². The van der Waals surface area contributed by atoms with Crippen LogP contribution in [-0.2, 0) is 4.74 Å². The van der Waals surface area contributed by atoms with Gasteiger partial charge in [-0.25, -0.2) is 0 Å². The summed E-state index contributed by atoms with van der Waals surface area (Å²) in [5.41, 5.74) is -0.203. The Hall–Kier alpha value is -0.250. The fourth-order valence-corrected chi connectivity index (χ4v) is 0.473. The van der Waals surface area contributed by atoms with Gasteiger partial charge in [0.05, 0.1) is 6.61 Å². The lowest BCUT2D eigenvalue weighted by Gasteiger charge is -2.18. The Kier molecular flexibility index (Phi) is 3.35. The number of hydrogen-bond donors (Lipinski definition) is 0. The Morgan fingerprint density at radius 3 is 1.73 bits per heavy atom. The molecule has 0 unspecified atom stereocenters. The number of ether oxygens (including phenoxy) is 1. The molecule has 68 valence electrons. The van der Waals surface area contributed by atoms with Crippen LogP contribution >= 0.6 is 0 Å². The van der Waals surface area contributed by atoms with Crippen molar-refractivity contribution >= 4 is 0 Å². The molecule has 0 heterocycles. The van der Waals surface area contributed by atoms with Crippen LogP contribution in [0.5, 0.6) is 0 Å². The van der Waals surface area contributed by atoms with Gasteiger partial charge in [-0.05, 0) is 5.41 Å². The topological polar surface area (TPSA) is 9.23 Å². The van der Waals surface area contributed by atoms with Crippen molar-refractivity contribution in [2.75, 3.05) is 13.2 Å². The van der Waals surface area contributed by atoms with Crippen molar-refractivity contribution in [3.63, 3.8) is 0 Å². The van der Waals surface area contributed by atoms with Crippen LogP contribution in [-0.4, -0.2) is 19.4 Å². The Labute approximate surface area is 64.5 Å². The maximum atomic E-state index is 11.5. The largest absolute Gasteiger partial charge is 0.411 e. The first kappa shape index (κ1) is 10.8. The number of halogens is 3. The summed E-state index contributed by atoms with van der Waals surface area (Å²) >= 11 is 0. The van der Waals surface area contributed by atoms with E-state index in [4.69, 9.17) is 0 Å². The zero-order valence-electron chi connectivity index (χ0n) is 6.96. The minimum atomic E-state index is -4.20. The zero-order chi connectivity index (χ0) is 9.12. The van der Waals surface area contributed by atoms with Gasteiger partial charge in [-0.15, -0.1) is 0 Å². The van der Waals surface area contributed by atoms with Crippen molar-refractivity contribution in [3.8, 4) is 0 Å². The molecule has 0 N–H and O–H groups in total. The summed E-state index contributed by atoms with van der Waals surface area (Å²) in [4.78, 5) is 0. The monoisotopic (exact) mass is 170 g/mol. The van der Waals surface area contributed by atoms with Crippen LogP contribution in [0, 0.1) is 5.41 Å². The van der Waals surface area contributed by atoms with Crippen molar-refractivity contribution in [3.05, 3.63) is 0 Å². The van der Waals surface area contributed by atoms with Gasteiger partial charge in [0.25, 0.3) is 0 Å². The Bertz CT molecular complexity index is 97.8. The molecule has 0 aromatic rings. The van der Waals surface area contributed by atoms with Gasteiger partial charge in [0.15, 0.2) is 0 Å². The molecule has 0 spiro atoms. The van der Waals surface area contributed by atoms with Gasteiger partial charge in [0.2, 0.25) is 0 Å². The highest BCUT2D eigenvalue weighted by Crippen LogP contribution is 2.18. The summed E-state index contributed by atoms with van der Waals surface area (Å²) in [5, 5.41) is 0. The molecular weight excluding hydrogens is 157 g/mol. The summed E-state index contributed by atoms with van der Waals surface area (Å²) in [6.45, 7) is 4.45. The van der Waals surface area contributed by atoms with Crippen LogP contribution < -0.4 is 0 Å². The molecule has 0 saturated heterocycles. The lowest BCUT2D eigenvalue weighted by molar-refractivity contribution is -0.178. The van der Waals surface area contributed by atoms with E-state index in [-0.39, 0.29) is 12.0 Å². The quantitative estimate of drug-likeness (QED) is 0.619. The van der Waals surface area contributed by atoms with Gasteiger partial charge in [0.1, 0.15) is 6.61 Å². The van der Waals surface area contributed by atoms with Gasteiger partial charge in [0, 0.05) is 0 Å². The lowest BCUT2D eigenvalue weighted by atomic mass is 9.99. The Morgan fingerprint density at radius 2 is 1.45 bits per heavy atom. The van der Waals surface area contributed by atoms with Gasteiger partial charge in [-0.3, -0.25) is 0 Å². The third kappa shape index (κ3) is 9.75. The van der Waals surface area contributed by atoms with Gasteiger partial charge in [-0.1, -0.05) is 20.8 Å². The van der Waals surface area contributed by atoms with Crippen molar-refractivity contribution in [1.82, 2.24) is 0 Å². The van der Waals surface area contributed by atoms with E-state index in [0.29, 0.717) is 0 Å². The summed E-state index contributed by atoms with van der Waals surface area (Å²) in [6.07, 6.45) is -4.20. The standard InChI is InChI=1S/C7H13F3O/c1-6(2,3)4-11-5-7(8,9)10/h4-5H2,1-3H3. The highest BCUT2D eigenvalue weighted by Gasteiger charge is 2.28. The number of hydrogen-bond acceptors (Lipinski definition) is 1. The fourth-order valence-electron chi connectivity index (χ4n) is 0.473. The minimum Gasteiger partial charge on any atom is -0.371 e. The van der Waals surface area contributed by atoms with E-state index in [1.54, 1.807) is 0 Å². The molecule has 11 heavy (non-hydrogen) atoms. The third-order valence-corrected chi connectivity index (χ3v) is 0.801. The first-order chi connectivity index (χ1) is 4.71. The van der Waals surface area contributed by atoms with Crippen molar-refractivity contribution in [2.24, 2.45) is 5.41 Å². The molecule has 0 saturated carbocycles. The molecule has 1 nitrogen and oxygen atoms in total. The molecule has 0 aromatic heterocycles. The van der Waals surface area contributed by atoms with Gasteiger partial charge < -0.3 is 4.74 Å². The smallest absolute Gasteiger partial charge is 0.371 e. The highest BCUT2D eigenvalue weighted by molar-refractivity contribution is 4.59. The average molecular weight is 170 g/mol. The second kappa shape index (κ2) is 3.43. The molecule has 0 rings (SSSR count). The molecule has 0 amide bonds. The number of alkyl halides is 3. The number of rotatable bonds is 2. The minimum absolute atomic E-state index is 0.131. The SMILES string of the molecule is CC(C)(C)COCC(F)(F)F. The molecule has 0 aliphatic carbocycles. The van der Waals surface area contributed by atoms with E-state index in [1.165, 1.54) is 0 Å². The van der Waals surface area contributed by atoms with Crippen molar-refractivity contribution in [2.45, 2.75) is 26.9 Å². The zero-order valence-corrected chi connectivity index (χ0v) is 6.96. The first-order valence-electron chi connectivity index (χ1n) is 3.35. The van der Waals surface area contributed by atoms with E-state index in [0.717, 1.165) is 0 Å². The molecular formula is C7H13F3O. The van der Waals surface area contributed by atoms with E-state index < -0.39 is 12.8 Å². The van der Waals surface area contributed by atoms with Crippen LogP contribution in [0.1, 0.15) is 20.8 Å². The summed E-state index contributed by atoms with van der Waals surface area (Å²) in [6, 6.07) is 0. The van der Waals surface area contributed by atoms with Crippen LogP contribution in [0.3, 0.4) is 0 Å². The molecule has 0 fully saturated rings. The van der Waals surface area contributed by atoms with Crippen LogP contribution in [0.4, 0.5) is 13.2 Å². The summed E-state index contributed by atoms with van der Waals surface area (Å²) in [7, 11) is 0. The molecule has 0 aliphatic heterocycles. The predicted octanol–water partition coefficient (Wildman–Crippen LogP) is 2.61. The first-order valence-corrected chi connectivity index (χ1v) is 3.35. The van der Waals surface area contributed by atoms with E-state index >= 15 is 0 Å². The van der Waals surface area contributed by atoms with Crippen LogP contribution in [0.15, 0.2) is 0 Å². The fraction of sp³-hybridized carbons (Fsp3) is 1.00. The normalized spacial score (nSPS) is 13.6. The third-order valence-electron chi connectivity index (χ3n) is 0.801. The molecule has 0 radical (unpaired) electrons. The van der Waals surface area contributed by atoms with E-state index in [1.807, 2.05) is 20.8 Å². The molecule has 0 bridgehead atoms. The summed E-state index contributed by atoms with van der Waals surface area (Å²) < 4.78 is 39.0. The molecule has 4 heteroatoms. The van der Waals surface area contributed by atoms with Gasteiger partial charge in [-0.2, -0.15) is 13.2 Å². The Morgan fingerprint density at radius 1 is 1.00 bits per heavy atom. The second-order valence-electron chi connectivity index (χ2n) is 3.67. The van der Waals surface area contributed by atoms with Gasteiger partial charge >= 0.3 is 6.18 Å². The summed E-state index contributed by atoms with van der Waals surface area (Å²) in [5.74, 6) is 0. The maximum absolute atomic E-state index is 11.5. The Balaban J connectivity index is 3.44. The predicted molar refractivity (Wildman–Crippen MR) is 36.3 cm³/mol. The molecule has 0 aliphatic rings. The molecule has 0 aromatic carbocycles. The molecule has 0 atom stereocenters. The maximum Gasteiger partial charge on any atom is 0.411 e. The highest BCUT2D eigenvalue weighted by atomic mass is 19.4.